The van der Waals surface area contributed by atoms with Gasteiger partial charge in [-0.25, -0.2) is 13.2 Å². The van der Waals surface area contributed by atoms with Crippen LogP contribution in [-0.2, 0) is 25.8 Å². The highest BCUT2D eigenvalue weighted by atomic mass is 32.2. The third kappa shape index (κ3) is 7.75. The molecule has 0 bridgehead atoms. The van der Waals surface area contributed by atoms with Gasteiger partial charge in [0, 0.05) is 30.2 Å². The molecule has 0 saturated carbocycles. The van der Waals surface area contributed by atoms with E-state index in [0.29, 0.717) is 44.8 Å². The van der Waals surface area contributed by atoms with Gasteiger partial charge in [0.1, 0.15) is 6.04 Å². The van der Waals surface area contributed by atoms with E-state index in [4.69, 9.17) is 4.74 Å². The van der Waals surface area contributed by atoms with Crippen molar-refractivity contribution < 1.29 is 22.7 Å². The van der Waals surface area contributed by atoms with Gasteiger partial charge in [-0.3, -0.25) is 9.69 Å². The number of anilines is 1. The van der Waals surface area contributed by atoms with Gasteiger partial charge in [0.05, 0.1) is 18.1 Å². The lowest BCUT2D eigenvalue weighted by molar-refractivity contribution is -0.122. The predicted octanol–water partition coefficient (Wildman–Crippen LogP) is 6.75. The number of nitrogens with zero attached hydrogens (tertiary/aromatic N) is 2. The van der Waals surface area contributed by atoms with Crippen molar-refractivity contribution in [2.75, 3.05) is 31.2 Å². The van der Waals surface area contributed by atoms with Crippen molar-refractivity contribution in [2.24, 2.45) is 0 Å². The second-order valence-corrected chi connectivity index (χ2v) is 13.8. The van der Waals surface area contributed by atoms with Gasteiger partial charge < -0.3 is 15.0 Å². The third-order valence-corrected chi connectivity index (χ3v) is 10.1. The van der Waals surface area contributed by atoms with Crippen LogP contribution in [0.5, 0.6) is 0 Å². The van der Waals surface area contributed by atoms with E-state index in [2.05, 4.69) is 5.32 Å². The lowest BCUT2D eigenvalue weighted by Crippen LogP contribution is -2.56. The molecule has 8 nitrogen and oxygen atoms in total. The first-order valence-corrected chi connectivity index (χ1v) is 17.7. The maximum absolute atomic E-state index is 14.0. The SMILES string of the molecule is C[C@@H](C(=O)NC(C=CS(=O)(=O)c1ccc2ccccc2c1)CCc1ccccc1)N(C(=O)N1CCOCC1)c1ccc2ccccc2c1. The third-order valence-electron chi connectivity index (χ3n) is 8.72. The zero-order chi connectivity index (χ0) is 33.5. The average molecular weight is 662 g/mol. The molecule has 1 fully saturated rings. The summed E-state index contributed by atoms with van der Waals surface area (Å²) >= 11 is 0. The minimum absolute atomic E-state index is 0.178. The number of benzene rings is 5. The highest BCUT2D eigenvalue weighted by Gasteiger charge is 2.32. The first-order valence-electron chi connectivity index (χ1n) is 16.2. The van der Waals surface area contributed by atoms with E-state index in [-0.39, 0.29) is 10.9 Å². The van der Waals surface area contributed by atoms with Crippen LogP contribution < -0.4 is 10.2 Å². The number of rotatable bonds is 10. The van der Waals surface area contributed by atoms with E-state index >= 15 is 0 Å². The largest absolute Gasteiger partial charge is 0.378 e. The van der Waals surface area contributed by atoms with E-state index in [1.165, 1.54) is 10.3 Å². The number of morpholine rings is 1. The Bertz CT molecular complexity index is 2040. The summed E-state index contributed by atoms with van der Waals surface area (Å²) in [7, 11) is -3.81. The van der Waals surface area contributed by atoms with E-state index < -0.39 is 27.8 Å². The van der Waals surface area contributed by atoms with Crippen LogP contribution in [-0.4, -0.2) is 63.6 Å². The van der Waals surface area contributed by atoms with Crippen LogP contribution in [0.25, 0.3) is 21.5 Å². The molecule has 48 heavy (non-hydrogen) atoms. The van der Waals surface area contributed by atoms with Crippen molar-refractivity contribution in [3.8, 4) is 0 Å². The van der Waals surface area contributed by atoms with Crippen LogP contribution in [0.3, 0.4) is 0 Å². The quantitative estimate of drug-likeness (QED) is 0.179. The number of carbonyl (C=O) groups is 2. The molecule has 3 amide bonds. The number of urea groups is 1. The summed E-state index contributed by atoms with van der Waals surface area (Å²) in [6.45, 7) is 3.40. The molecule has 1 N–H and O–H groups in total. The van der Waals surface area contributed by atoms with Crippen LogP contribution in [0.1, 0.15) is 18.9 Å². The number of ether oxygens (including phenoxy) is 1. The number of hydrogen-bond donors (Lipinski definition) is 1. The Kier molecular flexibility index (Phi) is 10.2. The molecule has 5 aromatic carbocycles. The highest BCUT2D eigenvalue weighted by molar-refractivity contribution is 7.94. The molecule has 5 aromatic rings. The molecule has 1 unspecified atom stereocenters. The van der Waals surface area contributed by atoms with Crippen molar-refractivity contribution in [3.63, 3.8) is 0 Å². The van der Waals surface area contributed by atoms with Gasteiger partial charge in [0.25, 0.3) is 0 Å². The highest BCUT2D eigenvalue weighted by Crippen LogP contribution is 2.26. The van der Waals surface area contributed by atoms with Gasteiger partial charge in [0.15, 0.2) is 9.84 Å². The van der Waals surface area contributed by atoms with Gasteiger partial charge in [-0.1, -0.05) is 97.1 Å². The van der Waals surface area contributed by atoms with Crippen molar-refractivity contribution in [1.29, 1.82) is 0 Å². The Hall–Kier alpha value is -4.99. The van der Waals surface area contributed by atoms with Crippen LogP contribution in [0.4, 0.5) is 10.5 Å². The normalized spacial score (nSPS) is 15.0. The standard InChI is InChI=1S/C39H39N3O5S/c1-29(42(39(44)41-22-24-47-25-23-41)36-19-16-31-11-5-7-13-33(31)27-36)38(43)40-35(18-15-30-9-3-2-4-10-30)21-26-48(45,46)37-20-17-32-12-6-8-14-34(32)28-37/h2-14,16-17,19-21,26-29,35H,15,18,22-25H2,1H3,(H,40,43)/t29-,35?/m0/s1. The zero-order valence-corrected chi connectivity index (χ0v) is 27.7. The molecule has 0 aliphatic carbocycles. The van der Waals surface area contributed by atoms with Crippen LogP contribution >= 0.6 is 0 Å². The summed E-state index contributed by atoms with van der Waals surface area (Å²) in [5.41, 5.74) is 1.67. The smallest absolute Gasteiger partial charge is 0.325 e. The van der Waals surface area contributed by atoms with E-state index in [1.54, 1.807) is 36.1 Å². The number of nitrogens with one attached hydrogen (secondary N) is 1. The molecule has 1 heterocycles. The number of aryl methyl sites for hydroxylation is 1. The monoisotopic (exact) mass is 661 g/mol. The van der Waals surface area contributed by atoms with Crippen LogP contribution in [0.15, 0.2) is 132 Å². The summed E-state index contributed by atoms with van der Waals surface area (Å²) in [6.07, 6.45) is 2.61. The fourth-order valence-electron chi connectivity index (χ4n) is 5.96. The number of carbonyl (C=O) groups excluding carboxylic acids is 2. The molecule has 9 heteroatoms. The minimum Gasteiger partial charge on any atom is -0.378 e. The molecule has 246 valence electrons. The second-order valence-electron chi connectivity index (χ2n) is 12.0. The Labute approximate surface area is 281 Å². The summed E-state index contributed by atoms with van der Waals surface area (Å²) in [4.78, 5) is 31.4. The summed E-state index contributed by atoms with van der Waals surface area (Å²) < 4.78 is 32.4. The molecule has 2 atom stereocenters. The lowest BCUT2D eigenvalue weighted by Gasteiger charge is -2.36. The molecule has 0 aromatic heterocycles. The first-order chi connectivity index (χ1) is 23.3. The Balaban J connectivity index is 1.28. The van der Waals surface area contributed by atoms with E-state index in [1.807, 2.05) is 97.1 Å². The lowest BCUT2D eigenvalue weighted by atomic mass is 10.0. The van der Waals surface area contributed by atoms with E-state index in [0.717, 1.165) is 27.1 Å². The summed E-state index contributed by atoms with van der Waals surface area (Å²) in [5, 5.41) is 7.99. The maximum Gasteiger partial charge on any atom is 0.325 e. The van der Waals surface area contributed by atoms with Gasteiger partial charge in [-0.05, 0) is 71.1 Å². The second kappa shape index (κ2) is 14.8. The molecule has 0 radical (unpaired) electrons. The van der Waals surface area contributed by atoms with Gasteiger partial charge >= 0.3 is 6.03 Å². The number of hydrogen-bond acceptors (Lipinski definition) is 5. The Morgan fingerprint density at radius 1 is 0.812 bits per heavy atom. The predicted molar refractivity (Wildman–Crippen MR) is 191 cm³/mol. The van der Waals surface area contributed by atoms with Crippen molar-refractivity contribution in [1.82, 2.24) is 10.2 Å². The number of amides is 3. The molecule has 0 spiro atoms. The summed E-state index contributed by atoms with van der Waals surface area (Å²) in [6, 6.07) is 34.3. The van der Waals surface area contributed by atoms with Crippen molar-refractivity contribution in [2.45, 2.75) is 36.7 Å². The van der Waals surface area contributed by atoms with Gasteiger partial charge in [0.2, 0.25) is 5.91 Å². The van der Waals surface area contributed by atoms with Crippen molar-refractivity contribution >= 4 is 49.0 Å². The average Bonchev–Trinajstić information content (AvgIpc) is 3.13. The molecule has 1 aliphatic heterocycles. The fourth-order valence-corrected chi connectivity index (χ4v) is 7.06. The van der Waals surface area contributed by atoms with Crippen LogP contribution in [0, 0.1) is 0 Å². The minimum atomic E-state index is -3.81. The molecule has 1 aliphatic rings. The fraction of sp³-hybridized carbons (Fsp3) is 0.231. The first kappa shape index (κ1) is 32.9. The van der Waals surface area contributed by atoms with Crippen LogP contribution in [0.2, 0.25) is 0 Å². The molecular formula is C39H39N3O5S. The van der Waals surface area contributed by atoms with Crippen molar-refractivity contribution in [3.05, 3.63) is 132 Å². The Morgan fingerprint density at radius 2 is 1.42 bits per heavy atom. The molecule has 6 rings (SSSR count). The van der Waals surface area contributed by atoms with Gasteiger partial charge in [-0.2, -0.15) is 0 Å². The summed E-state index contributed by atoms with van der Waals surface area (Å²) in [5.74, 6) is -0.393. The van der Waals surface area contributed by atoms with Gasteiger partial charge in [-0.15, -0.1) is 0 Å². The number of sulfone groups is 1. The Morgan fingerprint density at radius 3 is 2.10 bits per heavy atom. The van der Waals surface area contributed by atoms with E-state index in [9.17, 15) is 18.0 Å². The zero-order valence-electron chi connectivity index (χ0n) is 26.9. The molecule has 1 saturated heterocycles. The maximum atomic E-state index is 14.0. The topological polar surface area (TPSA) is 96.0 Å². The number of fused-ring (bicyclic) bond motifs is 2. The molecular weight excluding hydrogens is 623 g/mol.